The predicted molar refractivity (Wildman–Crippen MR) is 112 cm³/mol. The van der Waals surface area contributed by atoms with E-state index in [9.17, 15) is 13.6 Å². The number of carbonyl (C=O) groups excluding carboxylic acids is 1. The third-order valence-corrected chi connectivity index (χ3v) is 5.25. The van der Waals surface area contributed by atoms with E-state index < -0.39 is 0 Å². The molecule has 0 saturated carbocycles. The second-order valence-electron chi connectivity index (χ2n) is 6.70. The molecule has 1 heterocycles. The Bertz CT molecular complexity index is 999. The van der Waals surface area contributed by atoms with Crippen LogP contribution in [0.25, 0.3) is 16.6 Å². The highest BCUT2D eigenvalue weighted by Gasteiger charge is 2.15. The SMILES string of the molecule is CN(C)C(CNC(=O)/C=C/c1csc(-c2ccc(F)cc2)n1)c1cccc(F)c1. The van der Waals surface area contributed by atoms with E-state index in [1.54, 1.807) is 24.3 Å². The second kappa shape index (κ2) is 9.54. The largest absolute Gasteiger partial charge is 0.351 e. The fourth-order valence-corrected chi connectivity index (χ4v) is 3.61. The van der Waals surface area contributed by atoms with Gasteiger partial charge in [0.2, 0.25) is 5.91 Å². The molecule has 1 atom stereocenters. The molecule has 4 nitrogen and oxygen atoms in total. The van der Waals surface area contributed by atoms with Crippen molar-refractivity contribution in [3.05, 3.63) is 82.9 Å². The highest BCUT2D eigenvalue weighted by molar-refractivity contribution is 7.13. The molecule has 0 radical (unpaired) electrons. The van der Waals surface area contributed by atoms with Gasteiger partial charge in [-0.3, -0.25) is 4.79 Å². The summed E-state index contributed by atoms with van der Waals surface area (Å²) in [6.45, 7) is 0.345. The van der Waals surface area contributed by atoms with Crippen LogP contribution in [0.15, 0.2) is 60.0 Å². The molecule has 0 saturated heterocycles. The lowest BCUT2D eigenvalue weighted by molar-refractivity contribution is -0.116. The molecule has 0 aliphatic rings. The summed E-state index contributed by atoms with van der Waals surface area (Å²) in [6, 6.07) is 12.3. The molecule has 1 N–H and O–H groups in total. The Balaban J connectivity index is 1.60. The average molecular weight is 413 g/mol. The molecule has 7 heteroatoms. The van der Waals surface area contributed by atoms with E-state index in [0.29, 0.717) is 12.2 Å². The van der Waals surface area contributed by atoms with Crippen LogP contribution in [-0.4, -0.2) is 36.4 Å². The maximum absolute atomic E-state index is 13.5. The summed E-state index contributed by atoms with van der Waals surface area (Å²) in [6.07, 6.45) is 3.05. The van der Waals surface area contributed by atoms with Crippen molar-refractivity contribution in [2.75, 3.05) is 20.6 Å². The van der Waals surface area contributed by atoms with Gasteiger partial charge in [0.05, 0.1) is 11.7 Å². The van der Waals surface area contributed by atoms with Gasteiger partial charge in [0.1, 0.15) is 16.6 Å². The first-order valence-corrected chi connectivity index (χ1v) is 9.89. The average Bonchev–Trinajstić information content (AvgIpc) is 3.16. The standard InChI is InChI=1S/C22H21F2N3OS/c1-27(2)20(16-4-3-5-18(24)12-16)13-25-21(28)11-10-19-14-29-22(26-19)15-6-8-17(23)9-7-15/h3-12,14,20H,13H2,1-2H3,(H,25,28)/b11-10+. The molecule has 150 valence electrons. The number of aromatic nitrogens is 1. The first kappa shape index (κ1) is 20.8. The van der Waals surface area contributed by atoms with Crippen LogP contribution in [0.1, 0.15) is 17.3 Å². The minimum Gasteiger partial charge on any atom is -0.351 e. The van der Waals surface area contributed by atoms with Crippen molar-refractivity contribution in [2.24, 2.45) is 0 Å². The minimum atomic E-state index is -0.305. The van der Waals surface area contributed by atoms with Crippen LogP contribution in [-0.2, 0) is 4.79 Å². The van der Waals surface area contributed by atoms with Crippen molar-refractivity contribution in [3.8, 4) is 10.6 Å². The number of hydrogen-bond donors (Lipinski definition) is 1. The Hall–Kier alpha value is -2.90. The van der Waals surface area contributed by atoms with Gasteiger partial charge in [0.25, 0.3) is 0 Å². The summed E-state index contributed by atoms with van der Waals surface area (Å²) >= 11 is 1.42. The van der Waals surface area contributed by atoms with Gasteiger partial charge >= 0.3 is 0 Å². The van der Waals surface area contributed by atoms with Gasteiger partial charge in [-0.15, -0.1) is 11.3 Å². The molecule has 0 bridgehead atoms. The van der Waals surface area contributed by atoms with Crippen molar-refractivity contribution < 1.29 is 13.6 Å². The molecule has 3 rings (SSSR count). The van der Waals surface area contributed by atoms with Crippen LogP contribution < -0.4 is 5.32 Å². The zero-order valence-electron chi connectivity index (χ0n) is 16.1. The molecule has 0 aliphatic heterocycles. The highest BCUT2D eigenvalue weighted by Crippen LogP contribution is 2.24. The third-order valence-electron chi connectivity index (χ3n) is 4.35. The van der Waals surface area contributed by atoms with Crippen LogP contribution >= 0.6 is 11.3 Å². The van der Waals surface area contributed by atoms with Crippen LogP contribution in [0.4, 0.5) is 8.78 Å². The molecule has 0 aliphatic carbocycles. The number of hydrogen-bond acceptors (Lipinski definition) is 4. The van der Waals surface area contributed by atoms with Crippen LogP contribution in [0.2, 0.25) is 0 Å². The first-order chi connectivity index (χ1) is 13.9. The fraction of sp³-hybridized carbons (Fsp3) is 0.182. The van der Waals surface area contributed by atoms with Gasteiger partial charge in [-0.25, -0.2) is 13.8 Å². The van der Waals surface area contributed by atoms with Crippen LogP contribution in [0.3, 0.4) is 0 Å². The van der Waals surface area contributed by atoms with E-state index in [1.807, 2.05) is 30.4 Å². The maximum atomic E-state index is 13.5. The summed E-state index contributed by atoms with van der Waals surface area (Å²) in [5.74, 6) is -0.859. The normalized spacial score (nSPS) is 12.4. The number of carbonyl (C=O) groups is 1. The van der Waals surface area contributed by atoms with Crippen molar-refractivity contribution in [3.63, 3.8) is 0 Å². The maximum Gasteiger partial charge on any atom is 0.244 e. The van der Waals surface area contributed by atoms with Gasteiger partial charge < -0.3 is 10.2 Å². The topological polar surface area (TPSA) is 45.2 Å². The smallest absolute Gasteiger partial charge is 0.244 e. The van der Waals surface area contributed by atoms with E-state index in [1.165, 1.54) is 41.7 Å². The molecular weight excluding hydrogens is 392 g/mol. The van der Waals surface area contributed by atoms with Gasteiger partial charge in [-0.05, 0) is 62.1 Å². The molecular formula is C22H21F2N3OS. The quantitative estimate of drug-likeness (QED) is 0.579. The lowest BCUT2D eigenvalue weighted by Crippen LogP contribution is -2.33. The zero-order chi connectivity index (χ0) is 20.8. The Morgan fingerprint density at radius 1 is 1.17 bits per heavy atom. The number of thiazole rings is 1. The van der Waals surface area contributed by atoms with E-state index in [2.05, 4.69) is 10.3 Å². The number of nitrogens with zero attached hydrogens (tertiary/aromatic N) is 2. The van der Waals surface area contributed by atoms with Crippen LogP contribution in [0.5, 0.6) is 0 Å². The second-order valence-corrected chi connectivity index (χ2v) is 7.56. The van der Waals surface area contributed by atoms with E-state index in [4.69, 9.17) is 0 Å². The van der Waals surface area contributed by atoms with Gasteiger partial charge in [-0.1, -0.05) is 12.1 Å². The minimum absolute atomic E-state index is 0.146. The Morgan fingerprint density at radius 3 is 2.62 bits per heavy atom. The van der Waals surface area contributed by atoms with Gasteiger partial charge in [0, 0.05) is 23.6 Å². The Kier molecular flexibility index (Phi) is 6.85. The lowest BCUT2D eigenvalue weighted by Gasteiger charge is -2.24. The molecule has 1 amide bonds. The number of nitrogens with one attached hydrogen (secondary N) is 1. The van der Waals surface area contributed by atoms with Crippen molar-refractivity contribution >= 4 is 23.3 Å². The molecule has 1 unspecified atom stereocenters. The van der Waals surface area contributed by atoms with Crippen molar-refractivity contribution in [1.82, 2.24) is 15.2 Å². The molecule has 2 aromatic carbocycles. The zero-order valence-corrected chi connectivity index (χ0v) is 16.9. The Morgan fingerprint density at radius 2 is 1.93 bits per heavy atom. The highest BCUT2D eigenvalue weighted by atomic mass is 32.1. The fourth-order valence-electron chi connectivity index (χ4n) is 2.82. The molecule has 29 heavy (non-hydrogen) atoms. The molecule has 1 aromatic heterocycles. The van der Waals surface area contributed by atoms with Crippen molar-refractivity contribution in [1.29, 1.82) is 0 Å². The van der Waals surface area contributed by atoms with Gasteiger partial charge in [0.15, 0.2) is 0 Å². The first-order valence-electron chi connectivity index (χ1n) is 9.01. The Labute approximate surface area is 172 Å². The number of rotatable bonds is 7. The van der Waals surface area contributed by atoms with Crippen molar-refractivity contribution in [2.45, 2.75) is 6.04 Å². The predicted octanol–water partition coefficient (Wildman–Crippen LogP) is 4.52. The molecule has 3 aromatic rings. The summed E-state index contributed by atoms with van der Waals surface area (Å²) in [7, 11) is 3.76. The number of likely N-dealkylation sites (N-methyl/N-ethyl adjacent to an activating group) is 1. The molecule has 0 fully saturated rings. The van der Waals surface area contributed by atoms with E-state index >= 15 is 0 Å². The molecule has 0 spiro atoms. The summed E-state index contributed by atoms with van der Waals surface area (Å²) in [5, 5.41) is 5.43. The van der Waals surface area contributed by atoms with E-state index in [-0.39, 0.29) is 23.6 Å². The summed E-state index contributed by atoms with van der Waals surface area (Å²) in [5.41, 5.74) is 2.27. The monoisotopic (exact) mass is 413 g/mol. The van der Waals surface area contributed by atoms with E-state index in [0.717, 1.165) is 16.1 Å². The number of amides is 1. The summed E-state index contributed by atoms with van der Waals surface area (Å²) < 4.78 is 26.5. The lowest BCUT2D eigenvalue weighted by atomic mass is 10.1. The number of benzene rings is 2. The third kappa shape index (κ3) is 5.79. The van der Waals surface area contributed by atoms with Gasteiger partial charge in [-0.2, -0.15) is 0 Å². The van der Waals surface area contributed by atoms with Crippen LogP contribution in [0, 0.1) is 11.6 Å². The number of halogens is 2. The summed E-state index contributed by atoms with van der Waals surface area (Å²) in [4.78, 5) is 18.6.